The van der Waals surface area contributed by atoms with Gasteiger partial charge in [-0.1, -0.05) is 30.3 Å². The molecule has 1 fully saturated rings. The van der Waals surface area contributed by atoms with E-state index in [0.29, 0.717) is 19.5 Å². The molecule has 1 N–H and O–H groups in total. The Labute approximate surface area is 145 Å². The van der Waals surface area contributed by atoms with Crippen LogP contribution in [0.1, 0.15) is 15.9 Å². The van der Waals surface area contributed by atoms with Gasteiger partial charge in [-0.3, -0.25) is 9.59 Å². The lowest BCUT2D eigenvalue weighted by atomic mass is 10.0. The number of piperazine rings is 1. The van der Waals surface area contributed by atoms with Crippen LogP contribution in [0, 0.1) is 5.82 Å². The van der Waals surface area contributed by atoms with Crippen LogP contribution in [-0.2, 0) is 11.2 Å². The molecule has 0 radical (unpaired) electrons. The van der Waals surface area contributed by atoms with Crippen LogP contribution in [0.5, 0.6) is 5.75 Å². The zero-order chi connectivity index (χ0) is 17.8. The van der Waals surface area contributed by atoms with Crippen molar-refractivity contribution in [2.45, 2.75) is 12.5 Å². The first-order valence-electron chi connectivity index (χ1n) is 8.06. The number of amides is 2. The quantitative estimate of drug-likeness (QED) is 0.925. The predicted octanol–water partition coefficient (Wildman–Crippen LogP) is 2.02. The molecule has 1 atom stereocenters. The van der Waals surface area contributed by atoms with Gasteiger partial charge in [-0.05, 0) is 23.8 Å². The highest BCUT2D eigenvalue weighted by Gasteiger charge is 2.33. The predicted molar refractivity (Wildman–Crippen MR) is 90.9 cm³/mol. The van der Waals surface area contributed by atoms with Crippen LogP contribution in [0.4, 0.5) is 4.39 Å². The van der Waals surface area contributed by atoms with Crippen molar-refractivity contribution in [1.82, 2.24) is 10.2 Å². The highest BCUT2D eigenvalue weighted by Crippen LogP contribution is 2.21. The van der Waals surface area contributed by atoms with E-state index >= 15 is 0 Å². The molecule has 0 aliphatic carbocycles. The summed E-state index contributed by atoms with van der Waals surface area (Å²) >= 11 is 0. The summed E-state index contributed by atoms with van der Waals surface area (Å²) in [5.74, 6) is -1.09. The lowest BCUT2D eigenvalue weighted by Crippen LogP contribution is -2.58. The molecular weight excluding hydrogens is 323 g/mol. The fraction of sp³-hybridized carbons (Fsp3) is 0.263. The number of halogens is 1. The SMILES string of the molecule is COc1ccc(C(=O)N2CCNC(=O)C2Cc2ccccc2)cc1F. The third-order valence-corrected chi connectivity index (χ3v) is 4.26. The van der Waals surface area contributed by atoms with E-state index in [9.17, 15) is 14.0 Å². The van der Waals surface area contributed by atoms with Gasteiger partial charge in [0.25, 0.3) is 5.91 Å². The molecule has 1 aliphatic rings. The molecule has 1 saturated heterocycles. The van der Waals surface area contributed by atoms with Gasteiger partial charge in [0.05, 0.1) is 7.11 Å². The minimum absolute atomic E-state index is 0.0776. The Balaban J connectivity index is 1.85. The maximum Gasteiger partial charge on any atom is 0.254 e. The minimum Gasteiger partial charge on any atom is -0.494 e. The molecule has 3 rings (SSSR count). The number of methoxy groups -OCH3 is 1. The van der Waals surface area contributed by atoms with Crippen LogP contribution in [-0.4, -0.2) is 43.0 Å². The Morgan fingerprint density at radius 3 is 2.72 bits per heavy atom. The zero-order valence-corrected chi connectivity index (χ0v) is 13.9. The van der Waals surface area contributed by atoms with Crippen LogP contribution in [0.3, 0.4) is 0 Å². The number of carbonyl (C=O) groups is 2. The van der Waals surface area contributed by atoms with E-state index < -0.39 is 11.9 Å². The summed E-state index contributed by atoms with van der Waals surface area (Å²) in [7, 11) is 1.37. The molecule has 25 heavy (non-hydrogen) atoms. The normalized spacial score (nSPS) is 17.1. The molecular formula is C19H19FN2O3. The van der Waals surface area contributed by atoms with Crippen LogP contribution in [0.2, 0.25) is 0 Å². The Bertz CT molecular complexity index is 779. The molecule has 130 valence electrons. The largest absolute Gasteiger partial charge is 0.494 e. The lowest BCUT2D eigenvalue weighted by molar-refractivity contribution is -0.127. The van der Waals surface area contributed by atoms with Crippen LogP contribution in [0.25, 0.3) is 0 Å². The van der Waals surface area contributed by atoms with E-state index in [1.807, 2.05) is 30.3 Å². The van der Waals surface area contributed by atoms with Gasteiger partial charge in [0.1, 0.15) is 6.04 Å². The Kier molecular flexibility index (Phi) is 4.97. The van der Waals surface area contributed by atoms with E-state index in [1.54, 1.807) is 0 Å². The number of nitrogens with one attached hydrogen (secondary N) is 1. The van der Waals surface area contributed by atoms with Crippen molar-refractivity contribution < 1.29 is 18.7 Å². The monoisotopic (exact) mass is 342 g/mol. The van der Waals surface area contributed by atoms with Gasteiger partial charge in [-0.2, -0.15) is 0 Å². The number of benzene rings is 2. The Morgan fingerprint density at radius 2 is 2.04 bits per heavy atom. The Morgan fingerprint density at radius 1 is 1.28 bits per heavy atom. The molecule has 0 saturated carbocycles. The van der Waals surface area contributed by atoms with E-state index in [2.05, 4.69) is 5.32 Å². The molecule has 2 aromatic rings. The standard InChI is InChI=1S/C19H19FN2O3/c1-25-17-8-7-14(12-15(17)20)19(24)22-10-9-21-18(23)16(22)11-13-5-3-2-4-6-13/h2-8,12,16H,9-11H2,1H3,(H,21,23). The van der Waals surface area contributed by atoms with Crippen LogP contribution in [0.15, 0.2) is 48.5 Å². The highest BCUT2D eigenvalue weighted by molar-refractivity contribution is 5.98. The van der Waals surface area contributed by atoms with Gasteiger partial charge in [0.2, 0.25) is 5.91 Å². The molecule has 0 spiro atoms. The second-order valence-electron chi connectivity index (χ2n) is 5.84. The molecule has 2 amide bonds. The van der Waals surface area contributed by atoms with Crippen molar-refractivity contribution in [1.29, 1.82) is 0 Å². The lowest BCUT2D eigenvalue weighted by Gasteiger charge is -2.35. The van der Waals surface area contributed by atoms with Crippen LogP contribution >= 0.6 is 0 Å². The first kappa shape index (κ1) is 17.0. The smallest absolute Gasteiger partial charge is 0.254 e. The van der Waals surface area contributed by atoms with Crippen molar-refractivity contribution in [3.8, 4) is 5.75 Å². The molecule has 1 unspecified atom stereocenters. The summed E-state index contributed by atoms with van der Waals surface area (Å²) in [6.07, 6.45) is 0.414. The summed E-state index contributed by atoms with van der Waals surface area (Å²) < 4.78 is 18.8. The van der Waals surface area contributed by atoms with Gasteiger partial charge < -0.3 is 15.0 Å². The topological polar surface area (TPSA) is 58.6 Å². The fourth-order valence-corrected chi connectivity index (χ4v) is 2.96. The number of hydrogen-bond donors (Lipinski definition) is 1. The molecule has 6 heteroatoms. The van der Waals surface area contributed by atoms with E-state index in [-0.39, 0.29) is 23.1 Å². The van der Waals surface area contributed by atoms with Gasteiger partial charge in [0.15, 0.2) is 11.6 Å². The summed E-state index contributed by atoms with van der Waals surface area (Å²) in [6.45, 7) is 0.768. The molecule has 0 bridgehead atoms. The average Bonchev–Trinajstić information content (AvgIpc) is 2.63. The number of rotatable bonds is 4. The van der Waals surface area contributed by atoms with E-state index in [4.69, 9.17) is 4.74 Å². The second kappa shape index (κ2) is 7.34. The second-order valence-corrected chi connectivity index (χ2v) is 5.84. The fourth-order valence-electron chi connectivity index (χ4n) is 2.96. The summed E-state index contributed by atoms with van der Waals surface area (Å²) in [5.41, 5.74) is 1.16. The third-order valence-electron chi connectivity index (χ3n) is 4.26. The number of hydrogen-bond acceptors (Lipinski definition) is 3. The Hall–Kier alpha value is -2.89. The average molecular weight is 342 g/mol. The first-order valence-corrected chi connectivity index (χ1v) is 8.06. The molecule has 2 aromatic carbocycles. The number of nitrogens with zero attached hydrogens (tertiary/aromatic N) is 1. The van der Waals surface area contributed by atoms with Crippen molar-refractivity contribution in [2.75, 3.05) is 20.2 Å². The molecule has 0 aromatic heterocycles. The van der Waals surface area contributed by atoms with Crippen molar-refractivity contribution in [2.24, 2.45) is 0 Å². The molecule has 5 nitrogen and oxygen atoms in total. The molecule has 1 heterocycles. The van der Waals surface area contributed by atoms with Gasteiger partial charge in [-0.15, -0.1) is 0 Å². The summed E-state index contributed by atoms with van der Waals surface area (Å²) in [4.78, 5) is 26.7. The van der Waals surface area contributed by atoms with Crippen LogP contribution < -0.4 is 10.1 Å². The maximum absolute atomic E-state index is 13.9. The molecule has 1 aliphatic heterocycles. The van der Waals surface area contributed by atoms with E-state index in [1.165, 1.54) is 24.1 Å². The third kappa shape index (κ3) is 3.63. The van der Waals surface area contributed by atoms with Gasteiger partial charge in [-0.25, -0.2) is 4.39 Å². The van der Waals surface area contributed by atoms with Gasteiger partial charge in [0, 0.05) is 25.1 Å². The van der Waals surface area contributed by atoms with Crippen molar-refractivity contribution in [3.63, 3.8) is 0 Å². The first-order chi connectivity index (χ1) is 12.1. The summed E-state index contributed by atoms with van der Waals surface area (Å²) in [5, 5.41) is 2.79. The van der Waals surface area contributed by atoms with Crippen molar-refractivity contribution >= 4 is 11.8 Å². The van der Waals surface area contributed by atoms with Gasteiger partial charge >= 0.3 is 0 Å². The number of carbonyl (C=O) groups excluding carboxylic acids is 2. The summed E-state index contributed by atoms with van der Waals surface area (Å²) in [6, 6.07) is 13.0. The number of ether oxygens (including phenoxy) is 1. The zero-order valence-electron chi connectivity index (χ0n) is 13.9. The van der Waals surface area contributed by atoms with Crippen molar-refractivity contribution in [3.05, 3.63) is 65.5 Å². The maximum atomic E-state index is 13.9. The minimum atomic E-state index is -0.617. The van der Waals surface area contributed by atoms with E-state index in [0.717, 1.165) is 11.6 Å². The highest BCUT2D eigenvalue weighted by atomic mass is 19.1.